The fraction of sp³-hybridized carbons (Fsp3) is 0.0943. The van der Waals surface area contributed by atoms with Crippen LogP contribution >= 0.6 is 0 Å². The van der Waals surface area contributed by atoms with Crippen LogP contribution in [0.4, 0.5) is 0 Å². The van der Waals surface area contributed by atoms with E-state index in [4.69, 9.17) is 9.98 Å². The van der Waals surface area contributed by atoms with Gasteiger partial charge in [0.2, 0.25) is 0 Å². The van der Waals surface area contributed by atoms with E-state index in [-0.39, 0.29) is 6.17 Å². The Morgan fingerprint density at radius 2 is 1.33 bits per heavy atom. The highest BCUT2D eigenvalue weighted by Crippen LogP contribution is 2.37. The minimum atomic E-state index is -0.272. The normalized spacial score (nSPS) is 18.2. The summed E-state index contributed by atoms with van der Waals surface area (Å²) in [5.41, 5.74) is 13.1. The SMILES string of the molecule is C1=Cc2c(cc(-n3c4c(c5ccccc53)=CC3CC=C(n5c6ccccc6c6ccccc65)C=C3C=4)cc2C2=NC(c3ccccc3)NC(c3ccccc3)=N2)CC1. The van der Waals surface area contributed by atoms with Crippen LogP contribution in [0.25, 0.3) is 62.3 Å². The van der Waals surface area contributed by atoms with E-state index < -0.39 is 0 Å². The van der Waals surface area contributed by atoms with Crippen molar-refractivity contribution in [3.05, 3.63) is 208 Å². The van der Waals surface area contributed by atoms with Crippen LogP contribution in [0, 0.1) is 5.92 Å². The van der Waals surface area contributed by atoms with Crippen LogP contribution in [0.5, 0.6) is 0 Å². The number of nitrogens with one attached hydrogen (secondary N) is 1. The van der Waals surface area contributed by atoms with Gasteiger partial charge in [-0.1, -0.05) is 140 Å². The lowest BCUT2D eigenvalue weighted by atomic mass is 9.86. The first kappa shape index (κ1) is 33.0. The number of aromatic nitrogens is 2. The molecule has 5 nitrogen and oxygen atoms in total. The summed E-state index contributed by atoms with van der Waals surface area (Å²) in [5, 5.41) is 10.0. The van der Waals surface area contributed by atoms with Crippen LogP contribution in [-0.4, -0.2) is 20.8 Å². The van der Waals surface area contributed by atoms with Crippen molar-refractivity contribution in [1.29, 1.82) is 0 Å². The van der Waals surface area contributed by atoms with E-state index in [0.29, 0.717) is 5.92 Å². The van der Waals surface area contributed by atoms with Crippen LogP contribution in [0.3, 0.4) is 0 Å². The van der Waals surface area contributed by atoms with E-state index >= 15 is 0 Å². The second-order valence-electron chi connectivity index (χ2n) is 15.7. The monoisotopic (exact) mass is 745 g/mol. The van der Waals surface area contributed by atoms with E-state index in [1.165, 1.54) is 65.7 Å². The first-order chi connectivity index (χ1) is 28.7. The van der Waals surface area contributed by atoms with Gasteiger partial charge < -0.3 is 14.5 Å². The molecule has 4 aliphatic rings. The molecule has 3 heterocycles. The third kappa shape index (κ3) is 5.23. The smallest absolute Gasteiger partial charge is 0.160 e. The zero-order valence-electron chi connectivity index (χ0n) is 31.9. The Kier molecular flexibility index (Phi) is 7.49. The van der Waals surface area contributed by atoms with Gasteiger partial charge in [-0.3, -0.25) is 0 Å². The number of benzene rings is 6. The van der Waals surface area contributed by atoms with Crippen LogP contribution in [0.1, 0.15) is 46.8 Å². The average Bonchev–Trinajstić information content (AvgIpc) is 3.80. The Morgan fingerprint density at radius 1 is 0.655 bits per heavy atom. The maximum absolute atomic E-state index is 5.35. The van der Waals surface area contributed by atoms with Gasteiger partial charge in [0.15, 0.2) is 5.84 Å². The first-order valence-electron chi connectivity index (χ1n) is 20.4. The molecule has 0 spiro atoms. The minimum absolute atomic E-state index is 0.272. The highest BCUT2D eigenvalue weighted by molar-refractivity contribution is 6.15. The number of hydrogen-bond acceptors (Lipinski definition) is 3. The lowest BCUT2D eigenvalue weighted by Crippen LogP contribution is -2.34. The van der Waals surface area contributed by atoms with Gasteiger partial charge in [-0.15, -0.1) is 0 Å². The quantitative estimate of drug-likeness (QED) is 0.187. The molecule has 2 aromatic heterocycles. The van der Waals surface area contributed by atoms with Gasteiger partial charge in [0.1, 0.15) is 12.0 Å². The Morgan fingerprint density at radius 3 is 2.09 bits per heavy atom. The lowest BCUT2D eigenvalue weighted by Gasteiger charge is -2.26. The molecule has 1 N–H and O–H groups in total. The Labute approximate surface area is 336 Å². The van der Waals surface area contributed by atoms with Gasteiger partial charge >= 0.3 is 0 Å². The van der Waals surface area contributed by atoms with Gasteiger partial charge in [-0.05, 0) is 84.0 Å². The summed E-state index contributed by atoms with van der Waals surface area (Å²) in [5.74, 6) is 1.87. The van der Waals surface area contributed by atoms with Crippen LogP contribution < -0.4 is 15.9 Å². The third-order valence-corrected chi connectivity index (χ3v) is 12.3. The van der Waals surface area contributed by atoms with Gasteiger partial charge in [0, 0.05) is 49.8 Å². The summed E-state index contributed by atoms with van der Waals surface area (Å²) >= 11 is 0. The maximum atomic E-state index is 5.35. The average molecular weight is 746 g/mol. The van der Waals surface area contributed by atoms with E-state index in [1.807, 2.05) is 6.07 Å². The molecule has 2 unspecified atom stereocenters. The molecule has 6 aromatic carbocycles. The molecule has 0 radical (unpaired) electrons. The predicted octanol–water partition coefficient (Wildman–Crippen LogP) is 10.3. The molecule has 1 aliphatic heterocycles. The lowest BCUT2D eigenvalue weighted by molar-refractivity contribution is 0.674. The molecule has 0 fully saturated rings. The number of nitrogens with zero attached hydrogens (tertiary/aromatic N) is 4. The molecule has 0 amide bonds. The molecule has 2 atom stereocenters. The van der Waals surface area contributed by atoms with Gasteiger partial charge in [-0.2, -0.15) is 0 Å². The van der Waals surface area contributed by atoms with Gasteiger partial charge in [0.25, 0.3) is 0 Å². The summed E-state index contributed by atoms with van der Waals surface area (Å²) in [4.78, 5) is 10.6. The van der Waals surface area contributed by atoms with Crippen molar-refractivity contribution < 1.29 is 0 Å². The molecule has 3 aliphatic carbocycles. The predicted molar refractivity (Wildman–Crippen MR) is 241 cm³/mol. The second-order valence-corrected chi connectivity index (χ2v) is 15.7. The number of amidine groups is 2. The van der Waals surface area contributed by atoms with Crippen molar-refractivity contribution in [2.24, 2.45) is 15.9 Å². The highest BCUT2D eigenvalue weighted by Gasteiger charge is 2.26. The van der Waals surface area contributed by atoms with Crippen molar-refractivity contribution in [1.82, 2.24) is 14.5 Å². The van der Waals surface area contributed by atoms with E-state index in [9.17, 15) is 0 Å². The first-order valence-corrected chi connectivity index (χ1v) is 20.4. The molecular weight excluding hydrogens is 707 g/mol. The minimum Gasteiger partial charge on any atom is -0.344 e. The topological polar surface area (TPSA) is 46.6 Å². The number of para-hydroxylation sites is 3. The summed E-state index contributed by atoms with van der Waals surface area (Å²) in [6, 6.07) is 52.1. The van der Waals surface area contributed by atoms with E-state index in [1.54, 1.807) is 0 Å². The molecule has 8 aromatic rings. The van der Waals surface area contributed by atoms with Crippen LogP contribution in [-0.2, 0) is 6.42 Å². The Bertz CT molecular complexity index is 3230. The highest BCUT2D eigenvalue weighted by atomic mass is 15.2. The van der Waals surface area contributed by atoms with Gasteiger partial charge in [0.05, 0.1) is 21.9 Å². The maximum Gasteiger partial charge on any atom is 0.160 e. The molecule has 5 heteroatoms. The Hall–Kier alpha value is -7.24. The largest absolute Gasteiger partial charge is 0.344 e. The van der Waals surface area contributed by atoms with Gasteiger partial charge in [-0.25, -0.2) is 9.98 Å². The molecule has 0 bridgehead atoms. The molecule has 0 saturated carbocycles. The van der Waals surface area contributed by atoms with E-state index in [2.05, 4.69) is 190 Å². The fourth-order valence-electron chi connectivity index (χ4n) is 9.60. The number of rotatable bonds is 5. The third-order valence-electron chi connectivity index (χ3n) is 12.3. The molecular formula is C53H39N5. The van der Waals surface area contributed by atoms with Crippen LogP contribution in [0.15, 0.2) is 179 Å². The summed E-state index contributed by atoms with van der Waals surface area (Å²) in [6.45, 7) is 0. The number of aliphatic imine (C=N–C) groups is 2. The number of hydrogen-bond donors (Lipinski definition) is 1. The van der Waals surface area contributed by atoms with Crippen molar-refractivity contribution >= 4 is 68.3 Å². The molecule has 276 valence electrons. The number of aryl methyl sites for hydroxylation is 1. The standard InChI is InChI=1S/C53H39N5/c1-3-15-34(16-4-1)51-54-52(35-17-5-2-6-18-35)56-53(55-51)46-33-40(29-37-19-7-8-20-41(37)46)58-49-26-14-11-23-44(49)45-31-36-27-28-39(30-38(36)32-50(45)58)57-47-24-12-9-21-42(47)43-22-10-13-25-48(43)57/h1-6,8-18,20-26,28-33,36,51H,7,19,27H2,(H,54,55,56). The van der Waals surface area contributed by atoms with Crippen molar-refractivity contribution in [2.75, 3.05) is 0 Å². The zero-order chi connectivity index (χ0) is 38.2. The summed E-state index contributed by atoms with van der Waals surface area (Å²) in [7, 11) is 0. The Balaban J connectivity index is 1.06. The summed E-state index contributed by atoms with van der Waals surface area (Å²) in [6.07, 6.45) is 17.0. The van der Waals surface area contributed by atoms with Crippen molar-refractivity contribution in [3.8, 4) is 5.69 Å². The van der Waals surface area contributed by atoms with Crippen LogP contribution in [0.2, 0.25) is 0 Å². The van der Waals surface area contributed by atoms with E-state index in [0.717, 1.165) is 53.3 Å². The zero-order valence-corrected chi connectivity index (χ0v) is 31.9. The second kappa shape index (κ2) is 13.2. The van der Waals surface area contributed by atoms with Crippen molar-refractivity contribution in [2.45, 2.75) is 25.4 Å². The molecule has 58 heavy (non-hydrogen) atoms. The number of allylic oxidation sites excluding steroid dienone is 5. The molecule has 12 rings (SSSR count). The summed E-state index contributed by atoms with van der Waals surface area (Å²) < 4.78 is 4.93. The molecule has 0 saturated heterocycles. The fourth-order valence-corrected chi connectivity index (χ4v) is 9.60. The van der Waals surface area contributed by atoms with Crippen molar-refractivity contribution in [3.63, 3.8) is 0 Å². The number of fused-ring (bicyclic) bond motifs is 8.